The van der Waals surface area contributed by atoms with Gasteiger partial charge in [-0.2, -0.15) is 0 Å². The molecular weight excluding hydrogens is 120 g/mol. The highest BCUT2D eigenvalue weighted by Crippen LogP contribution is 2.01. The molecule has 0 spiro atoms. The van der Waals surface area contributed by atoms with E-state index in [1.807, 2.05) is 32.1 Å². The molecule has 0 rings (SSSR count). The first-order chi connectivity index (χ1) is 4.70. The van der Waals surface area contributed by atoms with Gasteiger partial charge in [0.2, 0.25) is 0 Å². The minimum absolute atomic E-state index is 0.954. The molecule has 0 radical (unpaired) electrons. The average Bonchev–Trinajstić information content (AvgIpc) is 1.88. The Morgan fingerprint density at radius 2 is 2.00 bits per heavy atom. The van der Waals surface area contributed by atoms with E-state index >= 15 is 0 Å². The summed E-state index contributed by atoms with van der Waals surface area (Å²) < 4.78 is 0. The van der Waals surface area contributed by atoms with E-state index in [1.54, 1.807) is 6.08 Å². The van der Waals surface area contributed by atoms with Crippen LogP contribution in [-0.4, -0.2) is 0 Å². The zero-order valence-corrected chi connectivity index (χ0v) is 6.72. The van der Waals surface area contributed by atoms with Crippen molar-refractivity contribution in [3.05, 3.63) is 48.6 Å². The number of hydrogen-bond acceptors (Lipinski definition) is 0. The number of hydrogen-bond donors (Lipinski definition) is 0. The van der Waals surface area contributed by atoms with Gasteiger partial charge in [-0.05, 0) is 19.4 Å². The Hall–Kier alpha value is -1.04. The van der Waals surface area contributed by atoms with Crippen LogP contribution < -0.4 is 0 Å². The molecule has 0 aromatic heterocycles. The number of allylic oxidation sites excluding steroid dienone is 6. The highest BCUT2D eigenvalue weighted by Gasteiger charge is 1.80. The van der Waals surface area contributed by atoms with Crippen molar-refractivity contribution in [2.75, 3.05) is 0 Å². The molecule has 0 aliphatic rings. The predicted octanol–water partition coefficient (Wildman–Crippen LogP) is 3.25. The third kappa shape index (κ3) is 3.90. The Labute approximate surface area is 63.3 Å². The second kappa shape index (κ2) is 4.80. The van der Waals surface area contributed by atoms with E-state index < -0.39 is 0 Å². The van der Waals surface area contributed by atoms with Crippen molar-refractivity contribution < 1.29 is 0 Å². The monoisotopic (exact) mass is 134 g/mol. The topological polar surface area (TPSA) is 0 Å². The molecule has 54 valence electrons. The molecule has 0 N–H and O–H groups in total. The van der Waals surface area contributed by atoms with Crippen LogP contribution >= 0.6 is 0 Å². The molecule has 0 fully saturated rings. The second-order valence-electron chi connectivity index (χ2n) is 2.17. The second-order valence-corrected chi connectivity index (χ2v) is 2.17. The highest BCUT2D eigenvalue weighted by molar-refractivity contribution is 5.32. The Bertz CT molecular complexity index is 180. The summed E-state index contributed by atoms with van der Waals surface area (Å²) in [7, 11) is 0. The van der Waals surface area contributed by atoms with Crippen LogP contribution in [0.5, 0.6) is 0 Å². The standard InChI is InChI=1S/C10H14/c1-5-7-10(4)8-9(3)6-2/h5-8H,2-3H2,1,4H3/b7-5-,10-8-. The fraction of sp³-hybridized carbons (Fsp3) is 0.200. The summed E-state index contributed by atoms with van der Waals surface area (Å²) in [5.41, 5.74) is 2.16. The van der Waals surface area contributed by atoms with Gasteiger partial charge in [0.15, 0.2) is 0 Å². The molecular formula is C10H14. The van der Waals surface area contributed by atoms with Gasteiger partial charge in [0, 0.05) is 0 Å². The van der Waals surface area contributed by atoms with Crippen molar-refractivity contribution in [1.82, 2.24) is 0 Å². The molecule has 0 saturated heterocycles. The average molecular weight is 134 g/mol. The molecule has 0 aromatic rings. The molecule has 0 aromatic carbocycles. The molecule has 0 atom stereocenters. The molecule has 0 bridgehead atoms. The molecule has 0 saturated carbocycles. The molecule has 0 amide bonds. The lowest BCUT2D eigenvalue weighted by Gasteiger charge is -1.90. The fourth-order valence-electron chi connectivity index (χ4n) is 0.662. The summed E-state index contributed by atoms with van der Waals surface area (Å²) in [4.78, 5) is 0. The summed E-state index contributed by atoms with van der Waals surface area (Å²) in [6.07, 6.45) is 7.77. The lowest BCUT2D eigenvalue weighted by atomic mass is 10.2. The van der Waals surface area contributed by atoms with E-state index in [-0.39, 0.29) is 0 Å². The predicted molar refractivity (Wildman–Crippen MR) is 47.9 cm³/mol. The quantitative estimate of drug-likeness (QED) is 0.520. The van der Waals surface area contributed by atoms with Crippen molar-refractivity contribution in [2.45, 2.75) is 13.8 Å². The number of rotatable bonds is 3. The molecule has 10 heavy (non-hydrogen) atoms. The maximum absolute atomic E-state index is 3.77. The van der Waals surface area contributed by atoms with Crippen LogP contribution in [0.4, 0.5) is 0 Å². The zero-order valence-electron chi connectivity index (χ0n) is 6.72. The maximum atomic E-state index is 3.77. The summed E-state index contributed by atoms with van der Waals surface area (Å²) in [6, 6.07) is 0. The first-order valence-electron chi connectivity index (χ1n) is 3.33. The third-order valence-corrected chi connectivity index (χ3v) is 1.10. The van der Waals surface area contributed by atoms with Crippen molar-refractivity contribution in [3.8, 4) is 0 Å². The van der Waals surface area contributed by atoms with Crippen LogP contribution in [0.1, 0.15) is 13.8 Å². The van der Waals surface area contributed by atoms with Gasteiger partial charge in [-0.1, -0.05) is 43.0 Å². The van der Waals surface area contributed by atoms with Crippen LogP contribution in [0.3, 0.4) is 0 Å². The first kappa shape index (κ1) is 8.96. The first-order valence-corrected chi connectivity index (χ1v) is 3.33. The van der Waals surface area contributed by atoms with E-state index in [9.17, 15) is 0 Å². The van der Waals surface area contributed by atoms with Gasteiger partial charge in [-0.3, -0.25) is 0 Å². The van der Waals surface area contributed by atoms with Gasteiger partial charge in [0.25, 0.3) is 0 Å². The largest absolute Gasteiger partial charge is 0.0985 e. The fourth-order valence-corrected chi connectivity index (χ4v) is 0.662. The van der Waals surface area contributed by atoms with Crippen molar-refractivity contribution in [1.29, 1.82) is 0 Å². The molecule has 0 aliphatic heterocycles. The summed E-state index contributed by atoms with van der Waals surface area (Å²) in [6.45, 7) is 11.4. The lowest BCUT2D eigenvalue weighted by Crippen LogP contribution is -1.69. The van der Waals surface area contributed by atoms with Crippen LogP contribution in [0.15, 0.2) is 48.6 Å². The van der Waals surface area contributed by atoms with Crippen molar-refractivity contribution in [2.24, 2.45) is 0 Å². The van der Waals surface area contributed by atoms with Crippen LogP contribution in [0.2, 0.25) is 0 Å². The van der Waals surface area contributed by atoms with E-state index in [0.717, 1.165) is 5.57 Å². The minimum Gasteiger partial charge on any atom is -0.0985 e. The summed E-state index contributed by atoms with van der Waals surface area (Å²) >= 11 is 0. The lowest BCUT2D eigenvalue weighted by molar-refractivity contribution is 1.48. The van der Waals surface area contributed by atoms with Crippen LogP contribution in [0, 0.1) is 0 Å². The smallest absolute Gasteiger partial charge is 0.0332 e. The van der Waals surface area contributed by atoms with E-state index in [0.29, 0.717) is 0 Å². The molecule has 0 nitrogen and oxygen atoms in total. The normalized spacial score (nSPS) is 12.0. The third-order valence-electron chi connectivity index (χ3n) is 1.10. The Morgan fingerprint density at radius 1 is 1.40 bits per heavy atom. The summed E-state index contributed by atoms with van der Waals surface area (Å²) in [5.74, 6) is 0. The molecule has 0 aliphatic carbocycles. The van der Waals surface area contributed by atoms with E-state index in [2.05, 4.69) is 13.2 Å². The van der Waals surface area contributed by atoms with Gasteiger partial charge in [0.1, 0.15) is 0 Å². The van der Waals surface area contributed by atoms with Gasteiger partial charge in [-0.15, -0.1) is 0 Å². The molecule has 0 heterocycles. The van der Waals surface area contributed by atoms with Gasteiger partial charge in [0.05, 0.1) is 0 Å². The molecule has 0 unspecified atom stereocenters. The zero-order chi connectivity index (χ0) is 7.98. The Kier molecular flexibility index (Phi) is 4.30. The van der Waals surface area contributed by atoms with Gasteiger partial charge in [-0.25, -0.2) is 0 Å². The highest BCUT2D eigenvalue weighted by atomic mass is 13.9. The van der Waals surface area contributed by atoms with Gasteiger partial charge < -0.3 is 0 Å². The molecule has 0 heteroatoms. The minimum atomic E-state index is 0.954. The maximum Gasteiger partial charge on any atom is -0.0332 e. The van der Waals surface area contributed by atoms with Gasteiger partial charge >= 0.3 is 0 Å². The summed E-state index contributed by atoms with van der Waals surface area (Å²) in [5, 5.41) is 0. The van der Waals surface area contributed by atoms with Crippen LogP contribution in [-0.2, 0) is 0 Å². The van der Waals surface area contributed by atoms with E-state index in [1.165, 1.54) is 5.57 Å². The Balaban J connectivity index is 4.15. The van der Waals surface area contributed by atoms with E-state index in [4.69, 9.17) is 0 Å². The SMILES string of the molecule is C=CC(=C)/C=C(C)\C=C/C. The van der Waals surface area contributed by atoms with Crippen molar-refractivity contribution >= 4 is 0 Å². The van der Waals surface area contributed by atoms with Crippen LogP contribution in [0.25, 0.3) is 0 Å². The van der Waals surface area contributed by atoms with Crippen molar-refractivity contribution in [3.63, 3.8) is 0 Å². The Morgan fingerprint density at radius 3 is 2.40 bits per heavy atom.